The van der Waals surface area contributed by atoms with Crippen LogP contribution in [0.3, 0.4) is 0 Å². The van der Waals surface area contributed by atoms with Gasteiger partial charge >= 0.3 is 0 Å². The number of halogens is 1. The van der Waals surface area contributed by atoms with Crippen LogP contribution in [0, 0.1) is 12.7 Å². The topological polar surface area (TPSA) is 79.7 Å². The molecule has 2 heterocycles. The van der Waals surface area contributed by atoms with Crippen molar-refractivity contribution in [3.8, 4) is 0 Å². The molecule has 35 heavy (non-hydrogen) atoms. The van der Waals surface area contributed by atoms with Gasteiger partial charge in [-0.15, -0.1) is 5.10 Å². The molecule has 0 bridgehead atoms. The third kappa shape index (κ3) is 5.03. The first-order chi connectivity index (χ1) is 17.0. The van der Waals surface area contributed by atoms with Crippen LogP contribution >= 0.6 is 0 Å². The maximum absolute atomic E-state index is 13.4. The van der Waals surface area contributed by atoms with E-state index in [2.05, 4.69) is 45.3 Å². The number of rotatable bonds is 8. The summed E-state index contributed by atoms with van der Waals surface area (Å²) < 4.78 is 15.2. The molecule has 8 heteroatoms. The van der Waals surface area contributed by atoms with Crippen molar-refractivity contribution in [2.24, 2.45) is 0 Å². The van der Waals surface area contributed by atoms with E-state index in [1.165, 1.54) is 25.0 Å². The molecule has 4 aromatic rings. The fourth-order valence-electron chi connectivity index (χ4n) is 5.31. The van der Waals surface area contributed by atoms with Crippen LogP contribution in [0.15, 0.2) is 53.3 Å². The summed E-state index contributed by atoms with van der Waals surface area (Å²) in [5, 5.41) is 13.7. The SMILES string of the molecule is CCC(c1nnnn1Cc1ccc(F)cc1)N(Cc1cc2cc(C)ccc2[nH]c1=O)C1CCCC1. The quantitative estimate of drug-likeness (QED) is 0.393. The molecule has 182 valence electrons. The molecule has 1 N–H and O–H groups in total. The lowest BCUT2D eigenvalue weighted by atomic mass is 10.0. The molecule has 0 aliphatic heterocycles. The molecule has 0 saturated heterocycles. The number of nitrogens with one attached hydrogen (secondary N) is 1. The maximum Gasteiger partial charge on any atom is 0.252 e. The number of pyridine rings is 1. The molecule has 1 aliphatic rings. The molecule has 1 fully saturated rings. The van der Waals surface area contributed by atoms with E-state index >= 15 is 0 Å². The molecule has 0 amide bonds. The second-order valence-electron chi connectivity index (χ2n) is 9.57. The van der Waals surface area contributed by atoms with Crippen molar-refractivity contribution in [3.05, 3.63) is 87.2 Å². The molecule has 5 rings (SSSR count). The Balaban J connectivity index is 1.49. The van der Waals surface area contributed by atoms with Crippen molar-refractivity contribution in [2.45, 2.75) is 71.1 Å². The standard InChI is InChI=1S/C27H31FN6O/c1-3-25(26-30-31-32-34(26)16-19-9-11-22(28)12-10-19)33(23-6-4-5-7-23)17-21-15-20-14-18(2)8-13-24(20)29-27(21)35/h8-15,23,25H,3-7,16-17H2,1-2H3,(H,29,35). The highest BCUT2D eigenvalue weighted by atomic mass is 19.1. The molecule has 1 atom stereocenters. The van der Waals surface area contributed by atoms with Crippen molar-refractivity contribution < 1.29 is 4.39 Å². The molecule has 0 spiro atoms. The van der Waals surface area contributed by atoms with Gasteiger partial charge in [0, 0.05) is 23.7 Å². The molecule has 1 saturated carbocycles. The van der Waals surface area contributed by atoms with Gasteiger partial charge in [0.25, 0.3) is 5.56 Å². The van der Waals surface area contributed by atoms with Crippen LogP contribution in [0.25, 0.3) is 10.9 Å². The van der Waals surface area contributed by atoms with Crippen LogP contribution < -0.4 is 5.56 Å². The summed E-state index contributed by atoms with van der Waals surface area (Å²) in [7, 11) is 0. The highest BCUT2D eigenvalue weighted by Crippen LogP contribution is 2.33. The van der Waals surface area contributed by atoms with E-state index < -0.39 is 0 Å². The van der Waals surface area contributed by atoms with Crippen LogP contribution in [0.5, 0.6) is 0 Å². The second kappa shape index (κ2) is 10.1. The normalized spacial score (nSPS) is 15.3. The molecule has 2 aromatic carbocycles. The summed E-state index contributed by atoms with van der Waals surface area (Å²) in [6.07, 6.45) is 5.38. The number of hydrogen-bond acceptors (Lipinski definition) is 5. The predicted molar refractivity (Wildman–Crippen MR) is 133 cm³/mol. The van der Waals surface area contributed by atoms with Gasteiger partial charge in [0.15, 0.2) is 5.82 Å². The minimum Gasteiger partial charge on any atom is -0.322 e. The summed E-state index contributed by atoms with van der Waals surface area (Å²) in [4.78, 5) is 18.5. The number of tetrazole rings is 1. The average molecular weight is 475 g/mol. The van der Waals surface area contributed by atoms with Crippen LogP contribution in [-0.4, -0.2) is 36.1 Å². The fourth-order valence-corrected chi connectivity index (χ4v) is 5.31. The van der Waals surface area contributed by atoms with Crippen LogP contribution in [0.1, 0.15) is 67.6 Å². The van der Waals surface area contributed by atoms with Gasteiger partial charge in [-0.2, -0.15) is 0 Å². The number of aryl methyl sites for hydroxylation is 1. The first-order valence-electron chi connectivity index (χ1n) is 12.4. The lowest BCUT2D eigenvalue weighted by molar-refractivity contribution is 0.112. The average Bonchev–Trinajstić information content (AvgIpc) is 3.54. The summed E-state index contributed by atoms with van der Waals surface area (Å²) >= 11 is 0. The van der Waals surface area contributed by atoms with E-state index in [9.17, 15) is 9.18 Å². The monoisotopic (exact) mass is 474 g/mol. The highest BCUT2D eigenvalue weighted by Gasteiger charge is 2.32. The Kier molecular flexibility index (Phi) is 6.72. The number of fused-ring (bicyclic) bond motifs is 1. The third-order valence-corrected chi connectivity index (χ3v) is 7.11. The van der Waals surface area contributed by atoms with E-state index in [1.54, 1.807) is 16.8 Å². The number of aromatic amines is 1. The molecule has 0 radical (unpaired) electrons. The van der Waals surface area contributed by atoms with Crippen LogP contribution in [0.4, 0.5) is 4.39 Å². The molecular formula is C27H31FN6O. The molecular weight excluding hydrogens is 443 g/mol. The zero-order valence-corrected chi connectivity index (χ0v) is 20.2. The highest BCUT2D eigenvalue weighted by molar-refractivity contribution is 5.79. The summed E-state index contributed by atoms with van der Waals surface area (Å²) in [6, 6.07) is 14.8. The van der Waals surface area contributed by atoms with Gasteiger partial charge in [0.1, 0.15) is 5.82 Å². The minimum absolute atomic E-state index is 0.0406. The summed E-state index contributed by atoms with van der Waals surface area (Å²) in [5.41, 5.74) is 3.65. The first-order valence-corrected chi connectivity index (χ1v) is 12.4. The van der Waals surface area contributed by atoms with Crippen LogP contribution in [0.2, 0.25) is 0 Å². The zero-order chi connectivity index (χ0) is 24.4. The Morgan fingerprint density at radius 1 is 1.14 bits per heavy atom. The van der Waals surface area contributed by atoms with Gasteiger partial charge in [-0.3, -0.25) is 9.69 Å². The van der Waals surface area contributed by atoms with E-state index in [-0.39, 0.29) is 17.4 Å². The largest absolute Gasteiger partial charge is 0.322 e. The zero-order valence-electron chi connectivity index (χ0n) is 20.2. The van der Waals surface area contributed by atoms with Gasteiger partial charge < -0.3 is 4.98 Å². The Morgan fingerprint density at radius 2 is 1.91 bits per heavy atom. The molecule has 7 nitrogen and oxygen atoms in total. The van der Waals surface area contributed by atoms with Gasteiger partial charge in [-0.25, -0.2) is 9.07 Å². The van der Waals surface area contributed by atoms with Crippen molar-refractivity contribution in [3.63, 3.8) is 0 Å². The van der Waals surface area contributed by atoms with Gasteiger partial charge in [0.05, 0.1) is 12.6 Å². The van der Waals surface area contributed by atoms with Gasteiger partial charge in [-0.05, 0) is 77.9 Å². The summed E-state index contributed by atoms with van der Waals surface area (Å²) in [5.74, 6) is 0.511. The first kappa shape index (κ1) is 23.4. The van der Waals surface area contributed by atoms with E-state index in [0.29, 0.717) is 19.1 Å². The number of hydrogen-bond donors (Lipinski definition) is 1. The second-order valence-corrected chi connectivity index (χ2v) is 9.57. The maximum atomic E-state index is 13.4. The number of aromatic nitrogens is 5. The van der Waals surface area contributed by atoms with E-state index in [4.69, 9.17) is 0 Å². The molecule has 1 aliphatic carbocycles. The summed E-state index contributed by atoms with van der Waals surface area (Å²) in [6.45, 7) is 5.19. The Bertz CT molecular complexity index is 1360. The van der Waals surface area contributed by atoms with Crippen molar-refractivity contribution >= 4 is 10.9 Å². The van der Waals surface area contributed by atoms with Crippen molar-refractivity contribution in [2.75, 3.05) is 0 Å². The lowest BCUT2D eigenvalue weighted by Gasteiger charge is -2.35. The number of H-pyrrole nitrogens is 1. The van der Waals surface area contributed by atoms with Crippen molar-refractivity contribution in [1.29, 1.82) is 0 Å². The molecule has 2 aromatic heterocycles. The predicted octanol–water partition coefficient (Wildman–Crippen LogP) is 4.91. The number of nitrogens with zero attached hydrogens (tertiary/aromatic N) is 5. The smallest absolute Gasteiger partial charge is 0.252 e. The van der Waals surface area contributed by atoms with Crippen LogP contribution in [-0.2, 0) is 13.1 Å². The third-order valence-electron chi connectivity index (χ3n) is 7.11. The Morgan fingerprint density at radius 3 is 2.66 bits per heavy atom. The van der Waals surface area contributed by atoms with E-state index in [0.717, 1.165) is 52.7 Å². The van der Waals surface area contributed by atoms with Crippen molar-refractivity contribution in [1.82, 2.24) is 30.1 Å². The lowest BCUT2D eigenvalue weighted by Crippen LogP contribution is -2.39. The fraction of sp³-hybridized carbons (Fsp3) is 0.407. The Hall–Kier alpha value is -3.39. The Labute approximate surface area is 204 Å². The molecule has 1 unspecified atom stereocenters. The van der Waals surface area contributed by atoms with E-state index in [1.807, 2.05) is 18.2 Å². The number of benzene rings is 2. The van der Waals surface area contributed by atoms with Gasteiger partial charge in [-0.1, -0.05) is 43.5 Å². The minimum atomic E-state index is -0.264. The van der Waals surface area contributed by atoms with Gasteiger partial charge in [0.2, 0.25) is 0 Å².